The Labute approximate surface area is 192 Å². The normalized spacial score (nSPS) is 25.7. The smallest absolute Gasteiger partial charge is 0.268 e. The third-order valence-corrected chi connectivity index (χ3v) is 7.73. The summed E-state index contributed by atoms with van der Waals surface area (Å²) in [5.74, 6) is 1.06. The first-order valence-corrected chi connectivity index (χ1v) is 12.3. The Hall–Kier alpha value is -2.61. The lowest BCUT2D eigenvalue weighted by molar-refractivity contribution is -0.126. The van der Waals surface area contributed by atoms with Gasteiger partial charge in [-0.05, 0) is 48.8 Å². The summed E-state index contributed by atoms with van der Waals surface area (Å²) < 4.78 is 5.36. The molecule has 5 rings (SSSR count). The number of rotatable bonds is 4. The van der Waals surface area contributed by atoms with Crippen LogP contribution < -0.4 is 10.1 Å². The molecule has 0 aromatic heterocycles. The van der Waals surface area contributed by atoms with Crippen LogP contribution in [0.25, 0.3) is 5.57 Å². The number of thioether (sulfide) groups is 1. The lowest BCUT2D eigenvalue weighted by Crippen LogP contribution is -2.48. The molecule has 7 nitrogen and oxygen atoms in total. The fourth-order valence-corrected chi connectivity index (χ4v) is 5.90. The van der Waals surface area contributed by atoms with Crippen LogP contribution in [-0.4, -0.2) is 59.9 Å². The van der Waals surface area contributed by atoms with E-state index in [9.17, 15) is 9.59 Å². The fourth-order valence-electron chi connectivity index (χ4n) is 4.90. The van der Waals surface area contributed by atoms with Gasteiger partial charge in [-0.15, -0.1) is 11.8 Å². The standard InChI is InChI=1S/C24H28N4O3S/c1-31-18-10-4-6-15(12-18)19-14-32-21-20(19)26-24(27-23(21)30)28-11-5-7-16(13-28)22(29)25-17-8-2-3-9-17/h4,6,10,12,14,16-17,21H,2-3,5,7-9,11,13H2,1H3,(H,25,29). The molecule has 2 atom stereocenters. The van der Waals surface area contributed by atoms with Gasteiger partial charge < -0.3 is 15.0 Å². The van der Waals surface area contributed by atoms with Gasteiger partial charge in [-0.25, -0.2) is 4.99 Å². The third-order valence-electron chi connectivity index (χ3n) is 6.66. The van der Waals surface area contributed by atoms with Gasteiger partial charge >= 0.3 is 0 Å². The largest absolute Gasteiger partial charge is 0.497 e. The highest BCUT2D eigenvalue weighted by atomic mass is 32.2. The van der Waals surface area contributed by atoms with E-state index >= 15 is 0 Å². The predicted octanol–water partition coefficient (Wildman–Crippen LogP) is 3.26. The first kappa shape index (κ1) is 21.2. The van der Waals surface area contributed by atoms with Gasteiger partial charge in [0.1, 0.15) is 11.0 Å². The number of methoxy groups -OCH3 is 1. The number of carbonyl (C=O) groups is 2. The summed E-state index contributed by atoms with van der Waals surface area (Å²) in [6, 6.07) is 8.11. The lowest BCUT2D eigenvalue weighted by atomic mass is 9.96. The van der Waals surface area contributed by atoms with Gasteiger partial charge in [-0.2, -0.15) is 4.99 Å². The van der Waals surface area contributed by atoms with Crippen molar-refractivity contribution >= 4 is 40.8 Å². The van der Waals surface area contributed by atoms with Crippen LogP contribution >= 0.6 is 11.8 Å². The highest BCUT2D eigenvalue weighted by molar-refractivity contribution is 8.05. The average molecular weight is 453 g/mol. The molecular formula is C24H28N4O3S. The Balaban J connectivity index is 1.34. The van der Waals surface area contributed by atoms with Crippen molar-refractivity contribution in [1.29, 1.82) is 0 Å². The zero-order valence-electron chi connectivity index (χ0n) is 18.3. The van der Waals surface area contributed by atoms with Crippen LogP contribution in [0.1, 0.15) is 44.1 Å². The number of hydrogen-bond acceptors (Lipinski definition) is 6. The first-order chi connectivity index (χ1) is 15.6. The Bertz CT molecular complexity index is 1010. The number of guanidine groups is 1. The molecule has 4 aliphatic rings. The Morgan fingerprint density at radius 3 is 2.84 bits per heavy atom. The maximum atomic E-state index is 12.8. The van der Waals surface area contributed by atoms with E-state index in [4.69, 9.17) is 9.73 Å². The molecule has 1 aromatic carbocycles. The van der Waals surface area contributed by atoms with Gasteiger partial charge in [0, 0.05) is 24.7 Å². The Morgan fingerprint density at radius 2 is 2.03 bits per heavy atom. The molecule has 0 radical (unpaired) electrons. The van der Waals surface area contributed by atoms with Crippen LogP contribution in [0.15, 0.2) is 39.7 Å². The van der Waals surface area contributed by atoms with Crippen LogP contribution in [0.4, 0.5) is 0 Å². The molecule has 1 N–H and O–H groups in total. The van der Waals surface area contributed by atoms with E-state index in [0.29, 0.717) is 18.5 Å². The second-order valence-corrected chi connectivity index (χ2v) is 9.78. The van der Waals surface area contributed by atoms with Crippen LogP contribution in [0.5, 0.6) is 5.75 Å². The van der Waals surface area contributed by atoms with Crippen LogP contribution in [0, 0.1) is 5.92 Å². The highest BCUT2D eigenvalue weighted by Crippen LogP contribution is 2.37. The van der Waals surface area contributed by atoms with Gasteiger partial charge in [-0.3, -0.25) is 9.59 Å². The quantitative estimate of drug-likeness (QED) is 0.758. The summed E-state index contributed by atoms with van der Waals surface area (Å²) in [4.78, 5) is 36.8. The summed E-state index contributed by atoms with van der Waals surface area (Å²) >= 11 is 1.45. The number of fused-ring (bicyclic) bond motifs is 1. The molecule has 2 fully saturated rings. The van der Waals surface area contributed by atoms with Gasteiger partial charge in [0.15, 0.2) is 0 Å². The number of aliphatic imine (C=N–C) groups is 2. The van der Waals surface area contributed by atoms with Crippen LogP contribution in [0.2, 0.25) is 0 Å². The molecule has 1 saturated carbocycles. The summed E-state index contributed by atoms with van der Waals surface area (Å²) in [5, 5.41) is 4.82. The van der Waals surface area contributed by atoms with E-state index in [-0.39, 0.29) is 17.7 Å². The number of amides is 2. The maximum Gasteiger partial charge on any atom is 0.268 e. The van der Waals surface area contributed by atoms with Gasteiger partial charge in [0.05, 0.1) is 18.7 Å². The molecule has 2 unspecified atom stereocenters. The summed E-state index contributed by atoms with van der Waals surface area (Å²) in [6.07, 6.45) is 6.30. The topological polar surface area (TPSA) is 83.4 Å². The molecule has 1 aromatic rings. The van der Waals surface area contributed by atoms with Crippen molar-refractivity contribution in [3.8, 4) is 5.75 Å². The molecule has 3 heterocycles. The minimum atomic E-state index is -0.397. The molecule has 1 saturated heterocycles. The summed E-state index contributed by atoms with van der Waals surface area (Å²) in [7, 11) is 1.64. The SMILES string of the molecule is COc1cccc(C2=CSC3C(=O)N=C(N4CCCC(C(=O)NC5CCCC5)C4)N=C23)c1. The van der Waals surface area contributed by atoms with Crippen molar-refractivity contribution < 1.29 is 14.3 Å². The Morgan fingerprint density at radius 1 is 1.19 bits per heavy atom. The second-order valence-electron chi connectivity index (χ2n) is 8.80. The number of benzene rings is 1. The number of nitrogens with zero attached hydrogens (tertiary/aromatic N) is 3. The number of nitrogens with one attached hydrogen (secondary N) is 1. The van der Waals surface area contributed by atoms with E-state index < -0.39 is 5.25 Å². The number of hydrogen-bond donors (Lipinski definition) is 1. The zero-order valence-corrected chi connectivity index (χ0v) is 19.1. The average Bonchev–Trinajstić information content (AvgIpc) is 3.49. The minimum Gasteiger partial charge on any atom is -0.497 e. The molecule has 1 aliphatic carbocycles. The number of likely N-dealkylation sites (tertiary alicyclic amines) is 1. The number of allylic oxidation sites excluding steroid dienone is 1. The van der Waals surface area contributed by atoms with E-state index in [1.165, 1.54) is 24.6 Å². The van der Waals surface area contributed by atoms with Gasteiger partial charge in [0.25, 0.3) is 5.91 Å². The molecule has 0 spiro atoms. The van der Waals surface area contributed by atoms with Gasteiger partial charge in [-0.1, -0.05) is 25.0 Å². The third kappa shape index (κ3) is 4.20. The van der Waals surface area contributed by atoms with Crippen molar-refractivity contribution in [2.75, 3.05) is 20.2 Å². The predicted molar refractivity (Wildman–Crippen MR) is 127 cm³/mol. The molecule has 0 bridgehead atoms. The van der Waals surface area contributed by atoms with Crippen molar-refractivity contribution in [3.05, 3.63) is 35.2 Å². The van der Waals surface area contributed by atoms with Crippen molar-refractivity contribution in [1.82, 2.24) is 10.2 Å². The molecular weight excluding hydrogens is 424 g/mol. The van der Waals surface area contributed by atoms with E-state index in [1.807, 2.05) is 34.6 Å². The highest BCUT2D eigenvalue weighted by Gasteiger charge is 2.38. The van der Waals surface area contributed by atoms with E-state index in [2.05, 4.69) is 10.3 Å². The summed E-state index contributed by atoms with van der Waals surface area (Å²) in [6.45, 7) is 1.31. The number of carbonyl (C=O) groups excluding carboxylic acids is 2. The van der Waals surface area contributed by atoms with E-state index in [0.717, 1.165) is 54.8 Å². The van der Waals surface area contributed by atoms with Crippen molar-refractivity contribution in [2.45, 2.75) is 49.8 Å². The molecule has 168 valence electrons. The van der Waals surface area contributed by atoms with Gasteiger partial charge in [0.2, 0.25) is 11.9 Å². The molecule has 32 heavy (non-hydrogen) atoms. The van der Waals surface area contributed by atoms with Crippen LogP contribution in [0.3, 0.4) is 0 Å². The maximum absolute atomic E-state index is 12.8. The second kappa shape index (κ2) is 9.10. The fraction of sp³-hybridized carbons (Fsp3) is 0.500. The number of piperidine rings is 1. The monoisotopic (exact) mass is 452 g/mol. The number of ether oxygens (including phenoxy) is 1. The molecule has 2 amide bonds. The van der Waals surface area contributed by atoms with Crippen molar-refractivity contribution in [3.63, 3.8) is 0 Å². The van der Waals surface area contributed by atoms with Crippen LogP contribution in [-0.2, 0) is 9.59 Å². The lowest BCUT2D eigenvalue weighted by Gasteiger charge is -2.34. The molecule has 8 heteroatoms. The van der Waals surface area contributed by atoms with E-state index in [1.54, 1.807) is 7.11 Å². The molecule has 3 aliphatic heterocycles. The Kier molecular flexibility index (Phi) is 6.04. The zero-order chi connectivity index (χ0) is 22.1. The first-order valence-electron chi connectivity index (χ1n) is 11.4. The minimum absolute atomic E-state index is 0.0913. The van der Waals surface area contributed by atoms with Crippen molar-refractivity contribution in [2.24, 2.45) is 15.9 Å². The summed E-state index contributed by atoms with van der Waals surface area (Å²) in [5.41, 5.74) is 2.66.